The zero-order valence-electron chi connectivity index (χ0n) is 11.6. The van der Waals surface area contributed by atoms with Crippen molar-refractivity contribution in [1.82, 2.24) is 10.2 Å². The number of rotatable bonds is 9. The molecular formula is C14H19F3N2O2. The quantitative estimate of drug-likeness (QED) is 0.717. The van der Waals surface area contributed by atoms with E-state index in [1.807, 2.05) is 0 Å². The number of hydrogen-bond donors (Lipinski definition) is 2. The summed E-state index contributed by atoms with van der Waals surface area (Å²) in [5.74, 6) is -0.708. The number of hydrogen-bond acceptors (Lipinski definition) is 3. The summed E-state index contributed by atoms with van der Waals surface area (Å²) in [7, 11) is 0. The van der Waals surface area contributed by atoms with E-state index in [9.17, 15) is 18.0 Å². The van der Waals surface area contributed by atoms with Crippen molar-refractivity contribution >= 4 is 5.91 Å². The van der Waals surface area contributed by atoms with Crippen molar-refractivity contribution in [3.05, 3.63) is 35.6 Å². The van der Waals surface area contributed by atoms with Crippen LogP contribution in [0.1, 0.15) is 5.56 Å². The van der Waals surface area contributed by atoms with Crippen LogP contribution in [0.15, 0.2) is 24.3 Å². The van der Waals surface area contributed by atoms with Crippen molar-refractivity contribution in [2.24, 2.45) is 0 Å². The molecule has 0 fully saturated rings. The minimum absolute atomic E-state index is 0.0235. The molecule has 0 unspecified atom stereocenters. The van der Waals surface area contributed by atoms with E-state index in [0.29, 0.717) is 13.0 Å². The molecule has 4 nitrogen and oxygen atoms in total. The van der Waals surface area contributed by atoms with Gasteiger partial charge in [-0.2, -0.15) is 0 Å². The van der Waals surface area contributed by atoms with E-state index in [1.54, 1.807) is 12.1 Å². The molecule has 0 aliphatic heterocycles. The highest BCUT2D eigenvalue weighted by atomic mass is 19.3. The molecule has 0 aromatic heterocycles. The molecule has 118 valence electrons. The summed E-state index contributed by atoms with van der Waals surface area (Å²) in [6.45, 7) is -0.655. The van der Waals surface area contributed by atoms with E-state index in [1.165, 1.54) is 17.0 Å². The molecule has 21 heavy (non-hydrogen) atoms. The smallest absolute Gasteiger partial charge is 0.251 e. The third-order valence-corrected chi connectivity index (χ3v) is 2.83. The Morgan fingerprint density at radius 1 is 1.29 bits per heavy atom. The van der Waals surface area contributed by atoms with Crippen LogP contribution < -0.4 is 5.32 Å². The molecule has 0 spiro atoms. The first-order valence-electron chi connectivity index (χ1n) is 6.63. The van der Waals surface area contributed by atoms with Gasteiger partial charge in [0.1, 0.15) is 5.82 Å². The lowest BCUT2D eigenvalue weighted by Crippen LogP contribution is -2.41. The topological polar surface area (TPSA) is 52.6 Å². The summed E-state index contributed by atoms with van der Waals surface area (Å²) < 4.78 is 37.3. The molecule has 2 N–H and O–H groups in total. The molecule has 1 aromatic rings. The number of aliphatic hydroxyl groups excluding tert-OH is 1. The van der Waals surface area contributed by atoms with Crippen LogP contribution in [0.2, 0.25) is 0 Å². The minimum Gasteiger partial charge on any atom is -0.395 e. The minimum atomic E-state index is -2.55. The van der Waals surface area contributed by atoms with Crippen LogP contribution in [0.4, 0.5) is 13.2 Å². The molecule has 0 atom stereocenters. The fourth-order valence-corrected chi connectivity index (χ4v) is 1.83. The van der Waals surface area contributed by atoms with Crippen molar-refractivity contribution in [3.8, 4) is 0 Å². The van der Waals surface area contributed by atoms with Gasteiger partial charge in [-0.05, 0) is 24.1 Å². The molecule has 1 aromatic carbocycles. The molecule has 1 amide bonds. The second-order valence-corrected chi connectivity index (χ2v) is 4.58. The molecule has 0 bridgehead atoms. The Labute approximate surface area is 121 Å². The van der Waals surface area contributed by atoms with Gasteiger partial charge < -0.3 is 10.4 Å². The summed E-state index contributed by atoms with van der Waals surface area (Å²) in [4.78, 5) is 12.8. The van der Waals surface area contributed by atoms with Crippen LogP contribution in [0.25, 0.3) is 0 Å². The molecule has 0 saturated carbocycles. The zero-order chi connectivity index (χ0) is 15.7. The van der Waals surface area contributed by atoms with E-state index in [2.05, 4.69) is 5.32 Å². The number of nitrogens with one attached hydrogen (secondary N) is 1. The van der Waals surface area contributed by atoms with Gasteiger partial charge >= 0.3 is 0 Å². The maximum absolute atomic E-state index is 12.7. The molecule has 0 radical (unpaired) electrons. The maximum atomic E-state index is 12.7. The number of carbonyl (C=O) groups is 1. The third-order valence-electron chi connectivity index (χ3n) is 2.83. The van der Waals surface area contributed by atoms with Crippen LogP contribution in [-0.4, -0.2) is 55.1 Å². The molecule has 0 heterocycles. The van der Waals surface area contributed by atoms with Crippen LogP contribution >= 0.6 is 0 Å². The van der Waals surface area contributed by atoms with Crippen molar-refractivity contribution in [1.29, 1.82) is 0 Å². The Morgan fingerprint density at radius 3 is 2.52 bits per heavy atom. The van der Waals surface area contributed by atoms with E-state index in [4.69, 9.17) is 5.11 Å². The summed E-state index contributed by atoms with van der Waals surface area (Å²) in [5.41, 5.74) is 0.872. The number of aliphatic hydroxyl groups is 1. The first kappa shape index (κ1) is 17.5. The van der Waals surface area contributed by atoms with Gasteiger partial charge in [0.05, 0.1) is 19.7 Å². The first-order chi connectivity index (χ1) is 10.0. The van der Waals surface area contributed by atoms with Gasteiger partial charge in [0.15, 0.2) is 0 Å². The Hall–Kier alpha value is -1.60. The maximum Gasteiger partial charge on any atom is 0.251 e. The molecule has 0 aliphatic rings. The number of alkyl halides is 2. The third kappa shape index (κ3) is 7.67. The number of nitrogens with zero attached hydrogens (tertiary/aromatic N) is 1. The standard InChI is InChI=1S/C14H19F3N2O2/c15-12-3-1-11(2-4-12)5-6-18-14(21)10-19(7-8-20)9-13(16)17/h1-4,13,20H,5-10H2,(H,18,21). The molecule has 1 rings (SSSR count). The second kappa shape index (κ2) is 9.36. The number of carbonyl (C=O) groups excluding carboxylic acids is 1. The number of amides is 1. The normalized spacial score (nSPS) is 11.1. The van der Waals surface area contributed by atoms with Gasteiger partial charge in [0.2, 0.25) is 5.91 Å². The average molecular weight is 304 g/mol. The molecule has 7 heteroatoms. The Balaban J connectivity index is 2.30. The van der Waals surface area contributed by atoms with E-state index in [0.717, 1.165) is 5.56 Å². The van der Waals surface area contributed by atoms with E-state index >= 15 is 0 Å². The van der Waals surface area contributed by atoms with Crippen LogP contribution in [0.5, 0.6) is 0 Å². The van der Waals surface area contributed by atoms with Crippen molar-refractivity contribution in [2.75, 3.05) is 32.8 Å². The fourth-order valence-electron chi connectivity index (χ4n) is 1.83. The number of benzene rings is 1. The summed E-state index contributed by atoms with van der Waals surface area (Å²) in [6.07, 6.45) is -2.02. The lowest BCUT2D eigenvalue weighted by atomic mass is 10.1. The van der Waals surface area contributed by atoms with Gasteiger partial charge in [-0.3, -0.25) is 9.69 Å². The summed E-state index contributed by atoms with van der Waals surface area (Å²) in [5, 5.41) is 11.4. The Bertz CT molecular complexity index is 427. The zero-order valence-corrected chi connectivity index (χ0v) is 11.6. The lowest BCUT2D eigenvalue weighted by Gasteiger charge is -2.20. The Morgan fingerprint density at radius 2 is 1.95 bits per heavy atom. The van der Waals surface area contributed by atoms with E-state index < -0.39 is 13.0 Å². The van der Waals surface area contributed by atoms with Crippen LogP contribution in [0, 0.1) is 5.82 Å². The largest absolute Gasteiger partial charge is 0.395 e. The predicted octanol–water partition coefficient (Wildman–Crippen LogP) is 1.04. The van der Waals surface area contributed by atoms with Gasteiger partial charge in [-0.1, -0.05) is 12.1 Å². The SMILES string of the molecule is O=C(CN(CCO)CC(F)F)NCCc1ccc(F)cc1. The Kier molecular flexibility index (Phi) is 7.78. The molecule has 0 aliphatic carbocycles. The van der Waals surface area contributed by atoms with Gasteiger partial charge in [0.25, 0.3) is 6.43 Å². The highest BCUT2D eigenvalue weighted by Crippen LogP contribution is 2.03. The van der Waals surface area contributed by atoms with Gasteiger partial charge in [0, 0.05) is 13.1 Å². The molecular weight excluding hydrogens is 285 g/mol. The average Bonchev–Trinajstić information content (AvgIpc) is 2.40. The first-order valence-corrected chi connectivity index (χ1v) is 6.63. The summed E-state index contributed by atoms with van der Waals surface area (Å²) >= 11 is 0. The lowest BCUT2D eigenvalue weighted by molar-refractivity contribution is -0.122. The van der Waals surface area contributed by atoms with Crippen LogP contribution in [0.3, 0.4) is 0 Å². The van der Waals surface area contributed by atoms with Gasteiger partial charge in [-0.25, -0.2) is 13.2 Å². The second-order valence-electron chi connectivity index (χ2n) is 4.58. The van der Waals surface area contributed by atoms with Crippen molar-refractivity contribution < 1.29 is 23.1 Å². The molecule has 0 saturated heterocycles. The van der Waals surface area contributed by atoms with Crippen molar-refractivity contribution in [2.45, 2.75) is 12.8 Å². The number of halogens is 3. The highest BCUT2D eigenvalue weighted by molar-refractivity contribution is 5.78. The van der Waals surface area contributed by atoms with E-state index in [-0.39, 0.29) is 31.4 Å². The fraction of sp³-hybridized carbons (Fsp3) is 0.500. The summed E-state index contributed by atoms with van der Waals surface area (Å²) in [6, 6.07) is 5.91. The van der Waals surface area contributed by atoms with Gasteiger partial charge in [-0.15, -0.1) is 0 Å². The highest BCUT2D eigenvalue weighted by Gasteiger charge is 2.14. The monoisotopic (exact) mass is 304 g/mol. The van der Waals surface area contributed by atoms with Crippen molar-refractivity contribution in [3.63, 3.8) is 0 Å². The predicted molar refractivity (Wildman–Crippen MR) is 72.6 cm³/mol. The van der Waals surface area contributed by atoms with Crippen LogP contribution in [-0.2, 0) is 11.2 Å².